The summed E-state index contributed by atoms with van der Waals surface area (Å²) in [6.45, 7) is 0. The van der Waals surface area contributed by atoms with E-state index >= 15 is 0 Å². The molecule has 0 heterocycles. The van der Waals surface area contributed by atoms with Crippen molar-refractivity contribution in [3.63, 3.8) is 0 Å². The maximum absolute atomic E-state index is 11.1. The third kappa shape index (κ3) is 2.80. The highest BCUT2D eigenvalue weighted by atomic mass is 127. The Morgan fingerprint density at radius 2 is 1.81 bits per heavy atom. The maximum Gasteiger partial charge on any atom is 0.197 e. The van der Waals surface area contributed by atoms with Gasteiger partial charge in [-0.25, -0.2) is 4.99 Å². The van der Waals surface area contributed by atoms with E-state index in [4.69, 9.17) is 11.6 Å². The number of allylic oxidation sites excluding steroid dienone is 4. The summed E-state index contributed by atoms with van der Waals surface area (Å²) >= 11 is 7.96. The van der Waals surface area contributed by atoms with Crippen LogP contribution in [0.5, 0.6) is 0 Å². The number of nitrogens with zero attached hydrogens (tertiary/aromatic N) is 1. The van der Waals surface area contributed by atoms with E-state index in [0.29, 0.717) is 5.71 Å². The van der Waals surface area contributed by atoms with Crippen LogP contribution in [-0.2, 0) is 4.79 Å². The molecule has 2 nitrogen and oxygen atoms in total. The smallest absolute Gasteiger partial charge is 0.197 e. The van der Waals surface area contributed by atoms with Gasteiger partial charge in [0.25, 0.3) is 0 Å². The van der Waals surface area contributed by atoms with Crippen LogP contribution >= 0.6 is 34.2 Å². The van der Waals surface area contributed by atoms with Crippen molar-refractivity contribution < 1.29 is 4.79 Å². The first-order chi connectivity index (χ1) is 7.65. The maximum atomic E-state index is 11.1. The quantitative estimate of drug-likeness (QED) is 0.565. The van der Waals surface area contributed by atoms with E-state index in [2.05, 4.69) is 27.6 Å². The number of aliphatic imine (C=N–C) groups is 1. The average molecular weight is 344 g/mol. The lowest BCUT2D eigenvalue weighted by atomic mass is 10.1. The molecule has 0 aliphatic heterocycles. The summed E-state index contributed by atoms with van der Waals surface area (Å²) in [5.74, 6) is -0.178. The lowest BCUT2D eigenvalue weighted by molar-refractivity contribution is -0.110. The van der Waals surface area contributed by atoms with Crippen LogP contribution in [0.2, 0.25) is 0 Å². The molecule has 0 aromatic heterocycles. The van der Waals surface area contributed by atoms with E-state index in [-0.39, 0.29) is 10.8 Å². The van der Waals surface area contributed by atoms with Gasteiger partial charge in [0, 0.05) is 3.57 Å². The molecule has 1 aliphatic rings. The fourth-order valence-electron chi connectivity index (χ4n) is 1.22. The molecule has 16 heavy (non-hydrogen) atoms. The molecule has 0 saturated heterocycles. The SMILES string of the molecule is O=C1C=CC(=Nc2ccc(I)cc2)C=C1Cl. The van der Waals surface area contributed by atoms with E-state index in [1.54, 1.807) is 12.2 Å². The van der Waals surface area contributed by atoms with Crippen molar-refractivity contribution in [3.05, 3.63) is 51.1 Å². The third-order valence-electron chi connectivity index (χ3n) is 2.00. The molecule has 0 unspecified atom stereocenters. The number of carbonyl (C=O) groups excluding carboxylic acids is 1. The van der Waals surface area contributed by atoms with Gasteiger partial charge in [-0.05, 0) is 65.1 Å². The number of rotatable bonds is 1. The summed E-state index contributed by atoms with van der Waals surface area (Å²) in [6, 6.07) is 7.79. The normalized spacial score (nSPS) is 17.8. The van der Waals surface area contributed by atoms with Gasteiger partial charge in [0.1, 0.15) is 0 Å². The number of halogens is 2. The van der Waals surface area contributed by atoms with Crippen LogP contribution in [0.4, 0.5) is 5.69 Å². The Labute approximate surface area is 112 Å². The molecule has 80 valence electrons. The minimum absolute atomic E-state index is 0.178. The number of carbonyl (C=O) groups is 1. The summed E-state index contributed by atoms with van der Waals surface area (Å²) in [4.78, 5) is 15.5. The van der Waals surface area contributed by atoms with E-state index in [9.17, 15) is 4.79 Å². The van der Waals surface area contributed by atoms with Crippen LogP contribution in [0.25, 0.3) is 0 Å². The second-order valence-corrected chi connectivity index (χ2v) is 4.86. The predicted molar refractivity (Wildman–Crippen MR) is 74.3 cm³/mol. The standard InChI is InChI=1S/C12H7ClINO/c13-11-7-10(5-6-12(11)16)15-9-3-1-8(14)2-4-9/h1-7H. The third-order valence-corrected chi connectivity index (χ3v) is 3.01. The molecule has 0 bridgehead atoms. The van der Waals surface area contributed by atoms with E-state index in [0.717, 1.165) is 9.26 Å². The second-order valence-electron chi connectivity index (χ2n) is 3.20. The van der Waals surface area contributed by atoms with Crippen LogP contribution in [-0.4, -0.2) is 11.5 Å². The van der Waals surface area contributed by atoms with Gasteiger partial charge in [-0.15, -0.1) is 0 Å². The minimum atomic E-state index is -0.178. The lowest BCUT2D eigenvalue weighted by Gasteiger charge is -2.02. The number of hydrogen-bond acceptors (Lipinski definition) is 2. The first-order valence-electron chi connectivity index (χ1n) is 4.59. The molecule has 0 amide bonds. The van der Waals surface area contributed by atoms with Gasteiger partial charge >= 0.3 is 0 Å². The monoisotopic (exact) mass is 343 g/mol. The van der Waals surface area contributed by atoms with Crippen LogP contribution in [0.15, 0.2) is 52.5 Å². The molecule has 1 aliphatic carbocycles. The average Bonchev–Trinajstić information content (AvgIpc) is 2.27. The van der Waals surface area contributed by atoms with Crippen molar-refractivity contribution >= 4 is 51.4 Å². The zero-order valence-corrected chi connectivity index (χ0v) is 11.1. The van der Waals surface area contributed by atoms with Crippen molar-refractivity contribution in [2.24, 2.45) is 4.99 Å². The minimum Gasteiger partial charge on any atom is -0.288 e. The van der Waals surface area contributed by atoms with Crippen LogP contribution in [0.3, 0.4) is 0 Å². The summed E-state index contributed by atoms with van der Waals surface area (Å²) in [7, 11) is 0. The number of ketones is 1. The van der Waals surface area contributed by atoms with E-state index in [1.807, 2.05) is 24.3 Å². The molecule has 0 atom stereocenters. The van der Waals surface area contributed by atoms with E-state index in [1.165, 1.54) is 6.08 Å². The van der Waals surface area contributed by atoms with Crippen molar-refractivity contribution in [2.75, 3.05) is 0 Å². The highest BCUT2D eigenvalue weighted by molar-refractivity contribution is 14.1. The Bertz CT molecular complexity index is 514. The fraction of sp³-hybridized carbons (Fsp3) is 0. The van der Waals surface area contributed by atoms with Gasteiger partial charge in [0.05, 0.1) is 16.4 Å². The Morgan fingerprint density at radius 3 is 2.44 bits per heavy atom. The zero-order valence-electron chi connectivity index (χ0n) is 8.15. The first-order valence-corrected chi connectivity index (χ1v) is 6.05. The Balaban J connectivity index is 2.29. The first kappa shape index (κ1) is 11.5. The van der Waals surface area contributed by atoms with Crippen molar-refractivity contribution in [2.45, 2.75) is 0 Å². The van der Waals surface area contributed by atoms with Gasteiger partial charge in [-0.2, -0.15) is 0 Å². The molecule has 0 spiro atoms. The van der Waals surface area contributed by atoms with Gasteiger partial charge in [-0.3, -0.25) is 4.79 Å². The summed E-state index contributed by atoms with van der Waals surface area (Å²) in [5, 5.41) is 0.201. The zero-order chi connectivity index (χ0) is 11.5. The molecular formula is C12H7ClINO. The Morgan fingerprint density at radius 1 is 1.12 bits per heavy atom. The van der Waals surface area contributed by atoms with Crippen LogP contribution < -0.4 is 0 Å². The fourth-order valence-corrected chi connectivity index (χ4v) is 1.76. The largest absolute Gasteiger partial charge is 0.288 e. The molecule has 4 heteroatoms. The van der Waals surface area contributed by atoms with Crippen LogP contribution in [0.1, 0.15) is 0 Å². The number of hydrogen-bond donors (Lipinski definition) is 0. The molecule has 1 aromatic rings. The second kappa shape index (κ2) is 4.93. The molecule has 0 fully saturated rings. The van der Waals surface area contributed by atoms with Gasteiger partial charge in [-0.1, -0.05) is 11.6 Å². The van der Waals surface area contributed by atoms with Gasteiger partial charge < -0.3 is 0 Å². The highest BCUT2D eigenvalue weighted by Gasteiger charge is 2.08. The molecular weight excluding hydrogens is 336 g/mol. The molecule has 2 rings (SSSR count). The number of benzene rings is 1. The molecule has 1 aromatic carbocycles. The topological polar surface area (TPSA) is 29.4 Å². The molecule has 0 radical (unpaired) electrons. The predicted octanol–water partition coefficient (Wildman–Crippen LogP) is 3.63. The van der Waals surface area contributed by atoms with E-state index < -0.39 is 0 Å². The van der Waals surface area contributed by atoms with Gasteiger partial charge in [0.15, 0.2) is 5.78 Å². The summed E-state index contributed by atoms with van der Waals surface area (Å²) in [5.41, 5.74) is 1.53. The summed E-state index contributed by atoms with van der Waals surface area (Å²) < 4.78 is 1.16. The Kier molecular flexibility index (Phi) is 3.56. The molecule has 0 N–H and O–H groups in total. The van der Waals surface area contributed by atoms with Crippen LogP contribution in [0, 0.1) is 3.57 Å². The summed E-state index contributed by atoms with van der Waals surface area (Å²) in [6.07, 6.45) is 4.65. The Hall–Kier alpha value is -0.940. The van der Waals surface area contributed by atoms with Crippen molar-refractivity contribution in [3.8, 4) is 0 Å². The highest BCUT2D eigenvalue weighted by Crippen LogP contribution is 2.17. The van der Waals surface area contributed by atoms with Crippen molar-refractivity contribution in [1.82, 2.24) is 0 Å². The lowest BCUT2D eigenvalue weighted by Crippen LogP contribution is -2.03. The molecule has 0 saturated carbocycles. The van der Waals surface area contributed by atoms with Crippen molar-refractivity contribution in [1.29, 1.82) is 0 Å². The van der Waals surface area contributed by atoms with Gasteiger partial charge in [0.2, 0.25) is 0 Å².